The minimum atomic E-state index is -0.213. The van der Waals surface area contributed by atoms with Crippen LogP contribution in [0.5, 0.6) is 0 Å². The fraction of sp³-hybridized carbons (Fsp3) is 0.214. The zero-order valence-electron chi connectivity index (χ0n) is 11.6. The van der Waals surface area contributed by atoms with E-state index in [1.54, 1.807) is 37.6 Å². The Morgan fingerprint density at radius 2 is 2.24 bits per heavy atom. The fourth-order valence-corrected chi connectivity index (χ4v) is 2.41. The minimum absolute atomic E-state index is 0.213. The van der Waals surface area contributed by atoms with Crippen LogP contribution in [0.3, 0.4) is 0 Å². The summed E-state index contributed by atoms with van der Waals surface area (Å²) in [6.45, 7) is 2.62. The van der Waals surface area contributed by atoms with Gasteiger partial charge in [0.15, 0.2) is 5.15 Å². The Hall–Kier alpha value is -1.66. The summed E-state index contributed by atoms with van der Waals surface area (Å²) in [4.78, 5) is 22.4. The summed E-state index contributed by atoms with van der Waals surface area (Å²) in [5.41, 5.74) is 1.01. The van der Waals surface area contributed by atoms with Crippen molar-refractivity contribution in [3.8, 4) is 0 Å². The Morgan fingerprint density at radius 1 is 1.48 bits per heavy atom. The van der Waals surface area contributed by atoms with E-state index in [0.717, 1.165) is 4.47 Å². The van der Waals surface area contributed by atoms with Gasteiger partial charge in [0, 0.05) is 30.5 Å². The quantitative estimate of drug-likeness (QED) is 0.837. The number of amides is 1. The second-order valence-electron chi connectivity index (χ2n) is 4.26. The molecule has 2 aromatic heterocycles. The van der Waals surface area contributed by atoms with E-state index in [1.165, 1.54) is 4.90 Å². The number of hydrogen-bond acceptors (Lipinski definition) is 4. The lowest BCUT2D eigenvalue weighted by molar-refractivity contribution is 0.0993. The lowest BCUT2D eigenvalue weighted by Gasteiger charge is -2.19. The van der Waals surface area contributed by atoms with Gasteiger partial charge in [0.1, 0.15) is 5.82 Å². The second-order valence-corrected chi connectivity index (χ2v) is 5.53. The molecule has 0 saturated carbocycles. The molecule has 1 N–H and O–H groups in total. The van der Waals surface area contributed by atoms with Gasteiger partial charge in [-0.1, -0.05) is 11.6 Å². The highest BCUT2D eigenvalue weighted by Gasteiger charge is 2.20. The Labute approximate surface area is 136 Å². The zero-order chi connectivity index (χ0) is 15.4. The molecular formula is C14H14BrClN4O. The number of anilines is 2. The average Bonchev–Trinajstić information content (AvgIpc) is 2.48. The maximum Gasteiger partial charge on any atom is 0.261 e. The van der Waals surface area contributed by atoms with E-state index in [2.05, 4.69) is 31.2 Å². The van der Waals surface area contributed by atoms with E-state index in [0.29, 0.717) is 23.6 Å². The maximum absolute atomic E-state index is 12.7. The third-order valence-electron chi connectivity index (χ3n) is 2.83. The first-order chi connectivity index (χ1) is 10.0. The summed E-state index contributed by atoms with van der Waals surface area (Å²) in [6, 6.07) is 5.20. The predicted octanol–water partition coefficient (Wildman–Crippen LogP) is 3.60. The lowest BCUT2D eigenvalue weighted by Crippen LogP contribution is -2.28. The van der Waals surface area contributed by atoms with Crippen LogP contribution in [-0.4, -0.2) is 29.5 Å². The first-order valence-electron chi connectivity index (χ1n) is 6.32. The van der Waals surface area contributed by atoms with Crippen molar-refractivity contribution in [1.82, 2.24) is 9.97 Å². The number of pyridine rings is 2. The largest absolute Gasteiger partial charge is 0.370 e. The highest BCUT2D eigenvalue weighted by atomic mass is 79.9. The molecule has 0 aliphatic carbocycles. The molecule has 0 fully saturated rings. The van der Waals surface area contributed by atoms with E-state index in [-0.39, 0.29) is 11.1 Å². The number of nitrogens with zero attached hydrogens (tertiary/aromatic N) is 3. The molecule has 0 radical (unpaired) electrons. The molecule has 7 heteroatoms. The van der Waals surface area contributed by atoms with Gasteiger partial charge in [0.2, 0.25) is 0 Å². The Balaban J connectivity index is 2.40. The van der Waals surface area contributed by atoms with Crippen molar-refractivity contribution >= 4 is 44.9 Å². The van der Waals surface area contributed by atoms with Crippen LogP contribution in [0.1, 0.15) is 17.3 Å². The van der Waals surface area contributed by atoms with Gasteiger partial charge in [-0.25, -0.2) is 9.97 Å². The zero-order valence-corrected chi connectivity index (χ0v) is 13.9. The lowest BCUT2D eigenvalue weighted by atomic mass is 10.2. The molecule has 2 rings (SSSR count). The van der Waals surface area contributed by atoms with Gasteiger partial charge in [-0.2, -0.15) is 0 Å². The number of aromatic nitrogens is 2. The van der Waals surface area contributed by atoms with Crippen LogP contribution in [0.25, 0.3) is 0 Å². The van der Waals surface area contributed by atoms with Gasteiger partial charge < -0.3 is 10.2 Å². The van der Waals surface area contributed by atoms with Crippen molar-refractivity contribution in [2.75, 3.05) is 23.8 Å². The summed E-state index contributed by atoms with van der Waals surface area (Å²) in [6.07, 6.45) is 3.22. The first-order valence-corrected chi connectivity index (χ1v) is 7.49. The highest BCUT2D eigenvalue weighted by Crippen LogP contribution is 2.26. The topological polar surface area (TPSA) is 58.1 Å². The molecule has 110 valence electrons. The predicted molar refractivity (Wildman–Crippen MR) is 88.1 cm³/mol. The smallest absolute Gasteiger partial charge is 0.261 e. The SMILES string of the molecule is CCNc1ncc(Br)cc1C(=O)N(C)c1cccnc1Cl. The van der Waals surface area contributed by atoms with Crippen LogP contribution in [-0.2, 0) is 0 Å². The molecule has 0 aliphatic rings. The highest BCUT2D eigenvalue weighted by molar-refractivity contribution is 9.10. The Bertz CT molecular complexity index is 665. The van der Waals surface area contributed by atoms with Crippen LogP contribution in [0.2, 0.25) is 5.15 Å². The third-order valence-corrected chi connectivity index (χ3v) is 3.56. The van der Waals surface area contributed by atoms with Crippen molar-refractivity contribution < 1.29 is 4.79 Å². The number of carbonyl (C=O) groups is 1. The molecular weight excluding hydrogens is 356 g/mol. The molecule has 0 bridgehead atoms. The Kier molecular flexibility index (Phi) is 5.14. The van der Waals surface area contributed by atoms with E-state index < -0.39 is 0 Å². The van der Waals surface area contributed by atoms with Crippen LogP contribution in [0.15, 0.2) is 35.1 Å². The summed E-state index contributed by atoms with van der Waals surface area (Å²) in [5, 5.41) is 3.36. The molecule has 5 nitrogen and oxygen atoms in total. The van der Waals surface area contributed by atoms with Crippen molar-refractivity contribution in [3.05, 3.63) is 45.8 Å². The van der Waals surface area contributed by atoms with Gasteiger partial charge in [-0.15, -0.1) is 0 Å². The van der Waals surface area contributed by atoms with E-state index in [9.17, 15) is 4.79 Å². The van der Waals surface area contributed by atoms with Gasteiger partial charge in [-0.3, -0.25) is 4.79 Å². The molecule has 0 spiro atoms. The number of nitrogens with one attached hydrogen (secondary N) is 1. The van der Waals surface area contributed by atoms with Gasteiger partial charge in [0.25, 0.3) is 5.91 Å². The van der Waals surface area contributed by atoms with Gasteiger partial charge in [-0.05, 0) is 41.1 Å². The van der Waals surface area contributed by atoms with E-state index >= 15 is 0 Å². The van der Waals surface area contributed by atoms with Crippen molar-refractivity contribution in [3.63, 3.8) is 0 Å². The number of hydrogen-bond donors (Lipinski definition) is 1. The maximum atomic E-state index is 12.7. The summed E-state index contributed by atoms with van der Waals surface area (Å²) < 4.78 is 0.734. The normalized spacial score (nSPS) is 10.3. The monoisotopic (exact) mass is 368 g/mol. The van der Waals surface area contributed by atoms with E-state index in [1.807, 2.05) is 6.92 Å². The standard InChI is InChI=1S/C14H14BrClN4O/c1-3-17-13-10(7-9(15)8-19-13)14(21)20(2)11-5-4-6-18-12(11)16/h4-8H,3H2,1-2H3,(H,17,19). The fourth-order valence-electron chi connectivity index (χ4n) is 1.83. The van der Waals surface area contributed by atoms with Gasteiger partial charge in [0.05, 0.1) is 11.3 Å². The van der Waals surface area contributed by atoms with Crippen LogP contribution >= 0.6 is 27.5 Å². The Morgan fingerprint density at radius 3 is 2.90 bits per heavy atom. The molecule has 0 saturated heterocycles. The summed E-state index contributed by atoms with van der Waals surface area (Å²) in [5.74, 6) is 0.326. The van der Waals surface area contributed by atoms with Crippen LogP contribution in [0.4, 0.5) is 11.5 Å². The molecule has 2 heterocycles. The van der Waals surface area contributed by atoms with Gasteiger partial charge >= 0.3 is 0 Å². The number of rotatable bonds is 4. The molecule has 0 atom stereocenters. The first kappa shape index (κ1) is 15.7. The molecule has 0 aliphatic heterocycles. The number of carbonyl (C=O) groups excluding carboxylic acids is 1. The average molecular weight is 370 g/mol. The minimum Gasteiger partial charge on any atom is -0.370 e. The van der Waals surface area contributed by atoms with Crippen LogP contribution < -0.4 is 10.2 Å². The van der Waals surface area contributed by atoms with Crippen molar-refractivity contribution in [2.45, 2.75) is 6.92 Å². The van der Waals surface area contributed by atoms with E-state index in [4.69, 9.17) is 11.6 Å². The third kappa shape index (κ3) is 3.51. The molecule has 1 amide bonds. The summed E-state index contributed by atoms with van der Waals surface area (Å²) in [7, 11) is 1.65. The second kappa shape index (κ2) is 6.87. The molecule has 21 heavy (non-hydrogen) atoms. The molecule has 2 aromatic rings. The number of halogens is 2. The summed E-state index contributed by atoms with van der Waals surface area (Å²) >= 11 is 9.37. The van der Waals surface area contributed by atoms with Crippen LogP contribution in [0, 0.1) is 0 Å². The van der Waals surface area contributed by atoms with Crippen molar-refractivity contribution in [1.29, 1.82) is 0 Å². The molecule has 0 aromatic carbocycles. The van der Waals surface area contributed by atoms with Crippen molar-refractivity contribution in [2.24, 2.45) is 0 Å². The molecule has 0 unspecified atom stereocenters.